The molecule has 0 radical (unpaired) electrons. The highest BCUT2D eigenvalue weighted by Crippen LogP contribution is 2.16. The van der Waals surface area contributed by atoms with Gasteiger partial charge in [0.2, 0.25) is 15.5 Å². The van der Waals surface area contributed by atoms with Gasteiger partial charge in [-0.1, -0.05) is 23.7 Å². The maximum atomic E-state index is 12.4. The van der Waals surface area contributed by atoms with E-state index in [1.165, 1.54) is 12.4 Å². The van der Waals surface area contributed by atoms with Gasteiger partial charge in [-0.25, -0.2) is 18.5 Å². The standard InChI is InChI=1S/C12H9ClN4O3S/c13-9-3-1-8(2-4-9)7-21(19,20)12-16-15-11(18)10-14-5-6-17(10)12/h1-6H,7H2,(H,15,18). The van der Waals surface area contributed by atoms with Gasteiger partial charge in [0, 0.05) is 17.4 Å². The van der Waals surface area contributed by atoms with Crippen molar-refractivity contribution < 1.29 is 8.42 Å². The van der Waals surface area contributed by atoms with Gasteiger partial charge in [0.05, 0.1) is 5.75 Å². The molecule has 0 amide bonds. The number of fused-ring (bicyclic) bond motifs is 1. The zero-order valence-electron chi connectivity index (χ0n) is 10.5. The van der Waals surface area contributed by atoms with Crippen LogP contribution >= 0.6 is 11.6 Å². The Bertz CT molecular complexity index is 960. The molecule has 0 aliphatic carbocycles. The first-order valence-electron chi connectivity index (χ1n) is 5.86. The van der Waals surface area contributed by atoms with Crippen LogP contribution in [0.5, 0.6) is 0 Å². The van der Waals surface area contributed by atoms with Crippen LogP contribution < -0.4 is 5.56 Å². The molecule has 0 atom stereocenters. The zero-order chi connectivity index (χ0) is 15.0. The molecule has 0 fully saturated rings. The minimum absolute atomic E-state index is 0.0142. The lowest BCUT2D eigenvalue weighted by atomic mass is 10.2. The lowest BCUT2D eigenvalue weighted by Crippen LogP contribution is -2.20. The SMILES string of the molecule is O=c1[nH]nc(S(=O)(=O)Cc2ccc(Cl)cc2)n2ccnc12. The van der Waals surface area contributed by atoms with Crippen molar-refractivity contribution in [3.63, 3.8) is 0 Å². The van der Waals surface area contributed by atoms with Gasteiger partial charge < -0.3 is 0 Å². The van der Waals surface area contributed by atoms with E-state index in [1.54, 1.807) is 24.3 Å². The largest absolute Gasteiger partial charge is 0.307 e. The second-order valence-electron chi connectivity index (χ2n) is 4.34. The molecule has 0 spiro atoms. The van der Waals surface area contributed by atoms with Gasteiger partial charge in [0.1, 0.15) is 0 Å². The molecule has 108 valence electrons. The first-order valence-corrected chi connectivity index (χ1v) is 7.89. The van der Waals surface area contributed by atoms with Gasteiger partial charge in [-0.05, 0) is 17.7 Å². The van der Waals surface area contributed by atoms with Gasteiger partial charge in [-0.3, -0.25) is 9.20 Å². The molecule has 0 unspecified atom stereocenters. The van der Waals surface area contributed by atoms with Crippen LogP contribution in [0.15, 0.2) is 46.6 Å². The molecule has 2 aromatic heterocycles. The van der Waals surface area contributed by atoms with Crippen molar-refractivity contribution in [3.05, 3.63) is 57.6 Å². The molecule has 0 saturated heterocycles. The summed E-state index contributed by atoms with van der Waals surface area (Å²) in [5.41, 5.74) is 0.00536. The summed E-state index contributed by atoms with van der Waals surface area (Å²) in [6.07, 6.45) is 2.72. The van der Waals surface area contributed by atoms with Crippen molar-refractivity contribution in [2.45, 2.75) is 10.9 Å². The Kier molecular flexibility index (Phi) is 3.26. The van der Waals surface area contributed by atoms with Gasteiger partial charge >= 0.3 is 5.56 Å². The van der Waals surface area contributed by atoms with Crippen LogP contribution in [0.25, 0.3) is 5.65 Å². The Morgan fingerprint density at radius 3 is 2.67 bits per heavy atom. The molecule has 0 saturated carbocycles. The van der Waals surface area contributed by atoms with Crippen LogP contribution in [-0.2, 0) is 15.6 Å². The highest BCUT2D eigenvalue weighted by molar-refractivity contribution is 7.90. The van der Waals surface area contributed by atoms with E-state index in [0.717, 1.165) is 4.40 Å². The fraction of sp³-hybridized carbons (Fsp3) is 0.0833. The van der Waals surface area contributed by atoms with Crippen LogP contribution in [-0.4, -0.2) is 28.0 Å². The molecule has 0 aliphatic rings. The van der Waals surface area contributed by atoms with Crippen LogP contribution in [0.3, 0.4) is 0 Å². The molecule has 21 heavy (non-hydrogen) atoms. The first kappa shape index (κ1) is 13.8. The molecule has 1 N–H and O–H groups in total. The highest BCUT2D eigenvalue weighted by Gasteiger charge is 2.22. The lowest BCUT2D eigenvalue weighted by Gasteiger charge is -2.05. The van der Waals surface area contributed by atoms with Gasteiger partial charge in [0.15, 0.2) is 0 Å². The van der Waals surface area contributed by atoms with Gasteiger partial charge in [0.25, 0.3) is 5.16 Å². The molecule has 3 rings (SSSR count). The second kappa shape index (κ2) is 4.97. The maximum Gasteiger partial charge on any atom is 0.307 e. The molecule has 0 aliphatic heterocycles. The lowest BCUT2D eigenvalue weighted by molar-refractivity contribution is 0.578. The maximum absolute atomic E-state index is 12.4. The van der Waals surface area contributed by atoms with Crippen molar-refractivity contribution in [2.24, 2.45) is 0 Å². The number of nitrogens with one attached hydrogen (secondary N) is 1. The van der Waals surface area contributed by atoms with E-state index < -0.39 is 15.4 Å². The molecular formula is C12H9ClN4O3S. The Labute approximate surface area is 124 Å². The average Bonchev–Trinajstić information content (AvgIpc) is 2.91. The van der Waals surface area contributed by atoms with Crippen molar-refractivity contribution in [3.8, 4) is 0 Å². The number of rotatable bonds is 3. The van der Waals surface area contributed by atoms with Crippen LogP contribution in [0.2, 0.25) is 5.02 Å². The molecule has 7 nitrogen and oxygen atoms in total. The van der Waals surface area contributed by atoms with Crippen molar-refractivity contribution in [1.29, 1.82) is 0 Å². The fourth-order valence-corrected chi connectivity index (χ4v) is 3.43. The van der Waals surface area contributed by atoms with Crippen LogP contribution in [0.1, 0.15) is 5.56 Å². The minimum Gasteiger partial charge on any atom is -0.269 e. The monoisotopic (exact) mass is 324 g/mol. The number of benzene rings is 1. The molecule has 1 aromatic carbocycles. The topological polar surface area (TPSA) is 97.2 Å². The predicted octanol–water partition coefficient (Wildman–Crippen LogP) is 1.04. The zero-order valence-corrected chi connectivity index (χ0v) is 12.1. The third kappa shape index (κ3) is 2.55. The third-order valence-corrected chi connectivity index (χ3v) is 4.66. The molecule has 2 heterocycles. The second-order valence-corrected chi connectivity index (χ2v) is 6.66. The fourth-order valence-electron chi connectivity index (χ4n) is 1.91. The Morgan fingerprint density at radius 1 is 1.24 bits per heavy atom. The van der Waals surface area contributed by atoms with Crippen molar-refractivity contribution in [1.82, 2.24) is 19.6 Å². The third-order valence-electron chi connectivity index (χ3n) is 2.85. The van der Waals surface area contributed by atoms with Crippen LogP contribution in [0.4, 0.5) is 0 Å². The number of hydrogen-bond acceptors (Lipinski definition) is 5. The van der Waals surface area contributed by atoms with E-state index in [1.807, 2.05) is 0 Å². The normalized spacial score (nSPS) is 11.9. The van der Waals surface area contributed by atoms with E-state index in [9.17, 15) is 13.2 Å². The number of hydrogen-bond donors (Lipinski definition) is 1. The Hall–Kier alpha value is -2.19. The number of halogens is 1. The molecular weight excluding hydrogens is 316 g/mol. The van der Waals surface area contributed by atoms with Crippen LogP contribution in [0, 0.1) is 0 Å². The number of sulfone groups is 1. The quantitative estimate of drug-likeness (QED) is 0.776. The summed E-state index contributed by atoms with van der Waals surface area (Å²) in [5, 5.41) is 6.04. The summed E-state index contributed by atoms with van der Waals surface area (Å²) in [6, 6.07) is 6.46. The van der Waals surface area contributed by atoms with E-state index in [0.29, 0.717) is 10.6 Å². The predicted molar refractivity (Wildman–Crippen MR) is 75.9 cm³/mol. The van der Waals surface area contributed by atoms with E-state index in [4.69, 9.17) is 11.6 Å². The number of H-pyrrole nitrogens is 1. The van der Waals surface area contributed by atoms with Gasteiger partial charge in [-0.15, -0.1) is 5.10 Å². The van der Waals surface area contributed by atoms with E-state index in [2.05, 4.69) is 15.2 Å². The number of imidazole rings is 1. The summed E-state index contributed by atoms with van der Waals surface area (Å²) in [4.78, 5) is 15.3. The number of aromatic amines is 1. The first-order chi connectivity index (χ1) is 9.97. The number of nitrogens with zero attached hydrogens (tertiary/aromatic N) is 3. The number of aromatic nitrogens is 4. The molecule has 3 aromatic rings. The minimum atomic E-state index is -3.74. The summed E-state index contributed by atoms with van der Waals surface area (Å²) >= 11 is 5.77. The summed E-state index contributed by atoms with van der Waals surface area (Å²) in [6.45, 7) is 0. The summed E-state index contributed by atoms with van der Waals surface area (Å²) in [5.74, 6) is -0.253. The smallest absolute Gasteiger partial charge is 0.269 e. The van der Waals surface area contributed by atoms with Gasteiger partial charge in [-0.2, -0.15) is 0 Å². The Balaban J connectivity index is 2.08. The summed E-state index contributed by atoms with van der Waals surface area (Å²) in [7, 11) is -3.74. The van der Waals surface area contributed by atoms with Crippen molar-refractivity contribution >= 4 is 27.1 Å². The average molecular weight is 325 g/mol. The van der Waals surface area contributed by atoms with E-state index >= 15 is 0 Å². The van der Waals surface area contributed by atoms with Crippen molar-refractivity contribution in [2.75, 3.05) is 0 Å². The molecule has 9 heteroatoms. The summed E-state index contributed by atoms with van der Waals surface area (Å²) < 4.78 is 26.0. The van der Waals surface area contributed by atoms with E-state index in [-0.39, 0.29) is 16.6 Å². The Morgan fingerprint density at radius 2 is 1.95 bits per heavy atom. The molecule has 0 bridgehead atoms. The highest BCUT2D eigenvalue weighted by atomic mass is 35.5.